The van der Waals surface area contributed by atoms with Crippen molar-refractivity contribution in [1.82, 2.24) is 10.6 Å². The number of halogens is 3. The van der Waals surface area contributed by atoms with Crippen molar-refractivity contribution in [3.63, 3.8) is 0 Å². The largest absolute Gasteiger partial charge is 0.491 e. The highest BCUT2D eigenvalue weighted by molar-refractivity contribution is 5.79. The Labute approximate surface area is 135 Å². The molecule has 23 heavy (non-hydrogen) atoms. The smallest absolute Gasteiger partial charge is 0.390 e. The van der Waals surface area contributed by atoms with Gasteiger partial charge in [-0.05, 0) is 38.5 Å². The van der Waals surface area contributed by atoms with Crippen molar-refractivity contribution in [3.8, 4) is 5.75 Å². The molecule has 2 N–H and O–H groups in total. The molecule has 0 spiro atoms. The number of hydrogen-bond donors (Lipinski definition) is 2. The maximum Gasteiger partial charge on any atom is 0.390 e. The molecule has 0 heterocycles. The maximum absolute atomic E-state index is 12.2. The topological polar surface area (TPSA) is 45.7 Å². The number of rotatable bonds is 7. The van der Waals surface area contributed by atoms with Gasteiger partial charge in [0.15, 0.2) is 5.96 Å². The molecule has 0 aliphatic carbocycles. The number of hydrogen-bond acceptors (Lipinski definition) is 2. The fraction of sp³-hybridized carbons (Fsp3) is 0.562. The highest BCUT2D eigenvalue weighted by Crippen LogP contribution is 2.18. The average Bonchev–Trinajstić information content (AvgIpc) is 2.43. The standard InChI is InChI=1S/C16H24F3N3O/c1-4-20-15(21-9-8-16(17,18)19)22-11-13-6-5-7-14(10-13)23-12(2)3/h5-7,10,12H,4,8-9,11H2,1-3H3,(H2,20,21,22). The van der Waals surface area contributed by atoms with Crippen LogP contribution in [0.4, 0.5) is 13.2 Å². The van der Waals surface area contributed by atoms with Crippen LogP contribution in [0.15, 0.2) is 29.3 Å². The summed E-state index contributed by atoms with van der Waals surface area (Å²) >= 11 is 0. The zero-order valence-corrected chi connectivity index (χ0v) is 13.7. The van der Waals surface area contributed by atoms with E-state index in [1.807, 2.05) is 45.0 Å². The van der Waals surface area contributed by atoms with Crippen molar-refractivity contribution in [3.05, 3.63) is 29.8 Å². The van der Waals surface area contributed by atoms with E-state index in [1.165, 1.54) is 0 Å². The van der Waals surface area contributed by atoms with Crippen molar-refractivity contribution in [1.29, 1.82) is 0 Å². The number of benzene rings is 1. The van der Waals surface area contributed by atoms with E-state index in [4.69, 9.17) is 4.74 Å². The molecule has 0 atom stereocenters. The van der Waals surface area contributed by atoms with Gasteiger partial charge < -0.3 is 15.4 Å². The molecule has 0 bridgehead atoms. The molecule has 0 saturated carbocycles. The Morgan fingerprint density at radius 3 is 2.61 bits per heavy atom. The molecule has 1 aromatic rings. The molecule has 0 unspecified atom stereocenters. The van der Waals surface area contributed by atoms with Crippen LogP contribution in [-0.4, -0.2) is 31.3 Å². The van der Waals surface area contributed by atoms with Crippen molar-refractivity contribution >= 4 is 5.96 Å². The molecule has 0 amide bonds. The van der Waals surface area contributed by atoms with E-state index in [0.717, 1.165) is 11.3 Å². The first kappa shape index (κ1) is 19.1. The van der Waals surface area contributed by atoms with Gasteiger partial charge in [-0.25, -0.2) is 4.99 Å². The Morgan fingerprint density at radius 1 is 1.26 bits per heavy atom. The van der Waals surface area contributed by atoms with E-state index in [1.54, 1.807) is 0 Å². The lowest BCUT2D eigenvalue weighted by molar-refractivity contribution is -0.132. The summed E-state index contributed by atoms with van der Waals surface area (Å²) in [6.45, 7) is 6.48. The second-order valence-electron chi connectivity index (χ2n) is 5.30. The van der Waals surface area contributed by atoms with Gasteiger partial charge in [-0.2, -0.15) is 13.2 Å². The molecular formula is C16H24F3N3O. The molecule has 0 aliphatic heterocycles. The molecule has 0 saturated heterocycles. The van der Waals surface area contributed by atoms with Gasteiger partial charge in [0.1, 0.15) is 5.75 Å². The van der Waals surface area contributed by atoms with E-state index in [0.29, 0.717) is 19.0 Å². The summed E-state index contributed by atoms with van der Waals surface area (Å²) in [5.74, 6) is 1.12. The van der Waals surface area contributed by atoms with Crippen molar-refractivity contribution < 1.29 is 17.9 Å². The summed E-state index contributed by atoms with van der Waals surface area (Å²) in [4.78, 5) is 4.30. The highest BCUT2D eigenvalue weighted by Gasteiger charge is 2.26. The number of aliphatic imine (C=N–C) groups is 1. The van der Waals surface area contributed by atoms with Crippen molar-refractivity contribution in [2.24, 2.45) is 4.99 Å². The SMILES string of the molecule is CCNC(=NCc1cccc(OC(C)C)c1)NCCC(F)(F)F. The minimum Gasteiger partial charge on any atom is -0.491 e. The first-order chi connectivity index (χ1) is 10.8. The van der Waals surface area contributed by atoms with E-state index < -0.39 is 12.6 Å². The summed E-state index contributed by atoms with van der Waals surface area (Å²) in [6.07, 6.45) is -4.99. The average molecular weight is 331 g/mol. The molecule has 0 radical (unpaired) electrons. The summed E-state index contributed by atoms with van der Waals surface area (Å²) in [5.41, 5.74) is 0.927. The van der Waals surface area contributed by atoms with E-state index in [-0.39, 0.29) is 12.6 Å². The first-order valence-electron chi connectivity index (χ1n) is 7.64. The van der Waals surface area contributed by atoms with Gasteiger partial charge in [-0.15, -0.1) is 0 Å². The normalized spacial score (nSPS) is 12.4. The fourth-order valence-corrected chi connectivity index (χ4v) is 1.82. The van der Waals surface area contributed by atoms with Gasteiger partial charge >= 0.3 is 6.18 Å². The minimum absolute atomic E-state index is 0.0788. The number of nitrogens with one attached hydrogen (secondary N) is 2. The van der Waals surface area contributed by atoms with Gasteiger partial charge in [0.05, 0.1) is 19.1 Å². The Hall–Kier alpha value is -1.92. The van der Waals surface area contributed by atoms with Gasteiger partial charge in [0.25, 0.3) is 0 Å². The van der Waals surface area contributed by atoms with Crippen molar-refractivity contribution in [2.45, 2.75) is 46.0 Å². The molecule has 0 aliphatic rings. The molecule has 1 aromatic carbocycles. The quantitative estimate of drug-likeness (QED) is 0.594. The van der Waals surface area contributed by atoms with Gasteiger partial charge in [-0.1, -0.05) is 12.1 Å². The minimum atomic E-state index is -4.17. The summed E-state index contributed by atoms with van der Waals surface area (Å²) in [6, 6.07) is 7.51. The molecule has 7 heteroatoms. The summed E-state index contributed by atoms with van der Waals surface area (Å²) in [7, 11) is 0. The fourth-order valence-electron chi connectivity index (χ4n) is 1.82. The third-order valence-electron chi connectivity index (χ3n) is 2.74. The van der Waals surface area contributed by atoms with Crippen LogP contribution in [0.25, 0.3) is 0 Å². The van der Waals surface area contributed by atoms with Gasteiger partial charge in [-0.3, -0.25) is 0 Å². The second-order valence-corrected chi connectivity index (χ2v) is 5.30. The number of guanidine groups is 1. The van der Waals surface area contributed by atoms with Crippen molar-refractivity contribution in [2.75, 3.05) is 13.1 Å². The molecule has 0 fully saturated rings. The van der Waals surface area contributed by atoms with E-state index in [9.17, 15) is 13.2 Å². The molecule has 130 valence electrons. The van der Waals surface area contributed by atoms with Gasteiger partial charge in [0, 0.05) is 13.1 Å². The Kier molecular flexibility index (Phi) is 7.71. The van der Waals surface area contributed by atoms with E-state index in [2.05, 4.69) is 15.6 Å². The Morgan fingerprint density at radius 2 is 2.00 bits per heavy atom. The molecule has 1 rings (SSSR count). The number of ether oxygens (including phenoxy) is 1. The van der Waals surface area contributed by atoms with Crippen LogP contribution in [0, 0.1) is 0 Å². The molecule has 4 nitrogen and oxygen atoms in total. The van der Waals surface area contributed by atoms with Gasteiger partial charge in [0.2, 0.25) is 0 Å². The number of alkyl halides is 3. The summed E-state index contributed by atoms with van der Waals surface area (Å²) < 4.78 is 42.1. The highest BCUT2D eigenvalue weighted by atomic mass is 19.4. The van der Waals surface area contributed by atoms with Crippen LogP contribution >= 0.6 is 0 Å². The zero-order valence-electron chi connectivity index (χ0n) is 13.7. The van der Waals surface area contributed by atoms with Crippen LogP contribution in [0.1, 0.15) is 32.8 Å². The lowest BCUT2D eigenvalue weighted by atomic mass is 10.2. The van der Waals surface area contributed by atoms with E-state index >= 15 is 0 Å². The maximum atomic E-state index is 12.2. The second kappa shape index (κ2) is 9.27. The monoisotopic (exact) mass is 331 g/mol. The zero-order chi connectivity index (χ0) is 17.3. The van der Waals surface area contributed by atoms with Crippen LogP contribution in [0.2, 0.25) is 0 Å². The lowest BCUT2D eigenvalue weighted by Gasteiger charge is -2.13. The van der Waals surface area contributed by atoms with Crippen LogP contribution < -0.4 is 15.4 Å². The Balaban J connectivity index is 2.62. The first-order valence-corrected chi connectivity index (χ1v) is 7.64. The lowest BCUT2D eigenvalue weighted by Crippen LogP contribution is -2.38. The third kappa shape index (κ3) is 8.95. The van der Waals surface area contributed by atoms with Crippen LogP contribution in [-0.2, 0) is 6.54 Å². The summed E-state index contributed by atoms with van der Waals surface area (Å²) in [5, 5.41) is 5.61. The van der Waals surface area contributed by atoms with Crippen LogP contribution in [0.5, 0.6) is 5.75 Å². The molecular weight excluding hydrogens is 307 g/mol. The Bertz CT molecular complexity index is 502. The van der Waals surface area contributed by atoms with Crippen LogP contribution in [0.3, 0.4) is 0 Å². The number of nitrogens with zero attached hydrogens (tertiary/aromatic N) is 1. The predicted octanol–water partition coefficient (Wildman–Crippen LogP) is 3.48. The predicted molar refractivity (Wildman–Crippen MR) is 85.7 cm³/mol. The third-order valence-corrected chi connectivity index (χ3v) is 2.74. The molecule has 0 aromatic heterocycles.